The van der Waals surface area contributed by atoms with Crippen LogP contribution in [-0.4, -0.2) is 32.2 Å². The minimum atomic E-state index is -0.510. The van der Waals surface area contributed by atoms with Gasteiger partial charge in [-0.2, -0.15) is 0 Å². The summed E-state index contributed by atoms with van der Waals surface area (Å²) in [7, 11) is 1.33. The molecule has 33 heavy (non-hydrogen) atoms. The first kappa shape index (κ1) is 24.3. The Morgan fingerprint density at radius 1 is 1.03 bits per heavy atom. The summed E-state index contributed by atoms with van der Waals surface area (Å²) in [6.45, 7) is 8.43. The first-order valence-electron chi connectivity index (χ1n) is 10.8. The van der Waals surface area contributed by atoms with Crippen molar-refractivity contribution in [2.75, 3.05) is 25.6 Å². The average molecular weight is 468 g/mol. The molecule has 0 aliphatic carbocycles. The fraction of sp³-hybridized carbons (Fsp3) is 0.308. The largest absolute Gasteiger partial charge is 0.494 e. The molecule has 3 aromatic rings. The van der Waals surface area contributed by atoms with Crippen molar-refractivity contribution in [2.24, 2.45) is 0 Å². The third-order valence-electron chi connectivity index (χ3n) is 5.08. The van der Waals surface area contributed by atoms with E-state index in [1.54, 1.807) is 0 Å². The molecule has 1 N–H and O–H groups in total. The van der Waals surface area contributed by atoms with Gasteiger partial charge in [0.25, 0.3) is 5.91 Å². The van der Waals surface area contributed by atoms with Crippen LogP contribution in [0.15, 0.2) is 48.5 Å². The molecular formula is C26H29NO5S. The van der Waals surface area contributed by atoms with E-state index in [0.29, 0.717) is 28.8 Å². The maximum Gasteiger partial charge on any atom is 0.341 e. The number of aryl methyl sites for hydroxylation is 1. The van der Waals surface area contributed by atoms with Gasteiger partial charge in [0.15, 0.2) is 6.61 Å². The molecule has 0 unspecified atom stereocenters. The number of anilines is 1. The molecule has 0 atom stereocenters. The number of hydrogen-bond donors (Lipinski definition) is 1. The predicted octanol–water partition coefficient (Wildman–Crippen LogP) is 6.05. The van der Waals surface area contributed by atoms with Crippen molar-refractivity contribution in [1.82, 2.24) is 0 Å². The molecule has 1 aromatic heterocycles. The lowest BCUT2D eigenvalue weighted by Gasteiger charge is -2.11. The molecule has 174 valence electrons. The number of methoxy groups -OCH3 is 1. The summed E-state index contributed by atoms with van der Waals surface area (Å²) < 4.78 is 16.2. The van der Waals surface area contributed by atoms with Gasteiger partial charge in [-0.05, 0) is 55.2 Å². The van der Waals surface area contributed by atoms with Crippen molar-refractivity contribution in [3.63, 3.8) is 0 Å². The first-order chi connectivity index (χ1) is 15.8. The van der Waals surface area contributed by atoms with E-state index in [-0.39, 0.29) is 12.5 Å². The van der Waals surface area contributed by atoms with Gasteiger partial charge in [0.2, 0.25) is 0 Å². The van der Waals surface area contributed by atoms with Gasteiger partial charge >= 0.3 is 5.97 Å². The van der Waals surface area contributed by atoms with Crippen LogP contribution in [0.25, 0.3) is 11.1 Å². The van der Waals surface area contributed by atoms with Gasteiger partial charge in [0, 0.05) is 10.4 Å². The lowest BCUT2D eigenvalue weighted by atomic mass is 10.0. The summed E-state index contributed by atoms with van der Waals surface area (Å²) >= 11 is 1.33. The summed E-state index contributed by atoms with van der Waals surface area (Å²) in [5, 5.41) is 3.26. The lowest BCUT2D eigenvalue weighted by Crippen LogP contribution is -2.21. The van der Waals surface area contributed by atoms with Crippen LogP contribution in [0.5, 0.6) is 11.5 Å². The average Bonchev–Trinajstić information content (AvgIpc) is 3.13. The number of amides is 1. The Morgan fingerprint density at radius 3 is 2.39 bits per heavy atom. The number of thiophene rings is 1. The number of esters is 1. The van der Waals surface area contributed by atoms with E-state index < -0.39 is 5.97 Å². The van der Waals surface area contributed by atoms with Crippen molar-refractivity contribution < 1.29 is 23.8 Å². The molecule has 0 saturated heterocycles. The standard InChI is InChI=1S/C26H29NO5S/c1-6-31-20-12-10-18(11-13-20)23-17(4)33-25(24(23)26(29)30-5)27-22(28)15-32-21-9-7-8-19(14-21)16(2)3/h7-14,16H,6,15H2,1-5H3,(H,27,28). The van der Waals surface area contributed by atoms with Crippen molar-refractivity contribution in [3.05, 3.63) is 64.5 Å². The second kappa shape index (κ2) is 11.0. The van der Waals surface area contributed by atoms with Crippen LogP contribution in [-0.2, 0) is 9.53 Å². The number of carbonyl (C=O) groups excluding carboxylic acids is 2. The molecule has 0 aliphatic rings. The molecule has 0 bridgehead atoms. The lowest BCUT2D eigenvalue weighted by molar-refractivity contribution is -0.118. The summed E-state index contributed by atoms with van der Waals surface area (Å²) in [6.07, 6.45) is 0. The second-order valence-electron chi connectivity index (χ2n) is 7.75. The molecule has 0 aliphatic heterocycles. The smallest absolute Gasteiger partial charge is 0.341 e. The number of nitrogens with one attached hydrogen (secondary N) is 1. The van der Waals surface area contributed by atoms with Gasteiger partial charge in [-0.25, -0.2) is 4.79 Å². The molecule has 1 amide bonds. The van der Waals surface area contributed by atoms with Crippen LogP contribution in [0.3, 0.4) is 0 Å². The van der Waals surface area contributed by atoms with Crippen LogP contribution in [0.1, 0.15) is 47.5 Å². The van der Waals surface area contributed by atoms with Gasteiger partial charge < -0.3 is 19.5 Å². The highest BCUT2D eigenvalue weighted by Gasteiger charge is 2.25. The van der Waals surface area contributed by atoms with E-state index in [1.807, 2.05) is 62.4 Å². The highest BCUT2D eigenvalue weighted by molar-refractivity contribution is 7.17. The highest BCUT2D eigenvalue weighted by Crippen LogP contribution is 2.40. The Hall–Kier alpha value is -3.32. The highest BCUT2D eigenvalue weighted by atomic mass is 32.1. The molecule has 1 heterocycles. The Kier molecular flexibility index (Phi) is 8.11. The zero-order chi connectivity index (χ0) is 24.0. The minimum absolute atomic E-state index is 0.169. The summed E-state index contributed by atoms with van der Waals surface area (Å²) in [5.74, 6) is 0.877. The maximum absolute atomic E-state index is 12.7. The normalized spacial score (nSPS) is 10.7. The molecule has 7 heteroatoms. The van der Waals surface area contributed by atoms with Crippen LogP contribution in [0.2, 0.25) is 0 Å². The van der Waals surface area contributed by atoms with Crippen molar-refractivity contribution in [2.45, 2.75) is 33.6 Å². The maximum atomic E-state index is 12.7. The zero-order valence-electron chi connectivity index (χ0n) is 19.6. The Balaban J connectivity index is 1.81. The topological polar surface area (TPSA) is 73.9 Å². The van der Waals surface area contributed by atoms with E-state index in [4.69, 9.17) is 14.2 Å². The van der Waals surface area contributed by atoms with Crippen LogP contribution in [0, 0.1) is 6.92 Å². The van der Waals surface area contributed by atoms with Crippen molar-refractivity contribution in [1.29, 1.82) is 0 Å². The predicted molar refractivity (Wildman–Crippen MR) is 132 cm³/mol. The number of ether oxygens (including phenoxy) is 3. The molecular weight excluding hydrogens is 438 g/mol. The SMILES string of the molecule is CCOc1ccc(-c2c(C)sc(NC(=O)COc3cccc(C(C)C)c3)c2C(=O)OC)cc1. The van der Waals surface area contributed by atoms with Crippen molar-refractivity contribution in [3.8, 4) is 22.6 Å². The number of benzene rings is 2. The van der Waals surface area contributed by atoms with Crippen LogP contribution in [0.4, 0.5) is 5.00 Å². The summed E-state index contributed by atoms with van der Waals surface area (Å²) in [6, 6.07) is 15.2. The zero-order valence-corrected chi connectivity index (χ0v) is 20.4. The molecule has 6 nitrogen and oxygen atoms in total. The first-order valence-corrected chi connectivity index (χ1v) is 11.6. The number of rotatable bonds is 9. The third kappa shape index (κ3) is 5.93. The third-order valence-corrected chi connectivity index (χ3v) is 6.10. The Labute approximate surface area is 198 Å². The van der Waals surface area contributed by atoms with Crippen LogP contribution < -0.4 is 14.8 Å². The van der Waals surface area contributed by atoms with Crippen molar-refractivity contribution >= 4 is 28.2 Å². The molecule has 0 saturated carbocycles. The quantitative estimate of drug-likeness (QED) is 0.388. The minimum Gasteiger partial charge on any atom is -0.494 e. The molecule has 2 aromatic carbocycles. The molecule has 0 fully saturated rings. The Morgan fingerprint density at radius 2 is 1.76 bits per heavy atom. The molecule has 0 spiro atoms. The van der Waals surface area contributed by atoms with E-state index >= 15 is 0 Å². The second-order valence-corrected chi connectivity index (χ2v) is 8.98. The van der Waals surface area contributed by atoms with E-state index in [0.717, 1.165) is 27.3 Å². The number of hydrogen-bond acceptors (Lipinski definition) is 6. The van der Waals surface area contributed by atoms with Gasteiger partial charge in [-0.1, -0.05) is 38.1 Å². The van der Waals surface area contributed by atoms with E-state index in [2.05, 4.69) is 19.2 Å². The number of carbonyl (C=O) groups is 2. The summed E-state index contributed by atoms with van der Waals surface area (Å²) in [4.78, 5) is 26.2. The fourth-order valence-electron chi connectivity index (χ4n) is 3.44. The van der Waals surface area contributed by atoms with Crippen LogP contribution >= 0.6 is 11.3 Å². The van der Waals surface area contributed by atoms with E-state index in [9.17, 15) is 9.59 Å². The molecule has 3 rings (SSSR count). The monoisotopic (exact) mass is 467 g/mol. The van der Waals surface area contributed by atoms with Gasteiger partial charge in [-0.15, -0.1) is 11.3 Å². The van der Waals surface area contributed by atoms with E-state index in [1.165, 1.54) is 18.4 Å². The Bertz CT molecular complexity index is 1120. The summed E-state index contributed by atoms with van der Waals surface area (Å²) in [5.41, 5.74) is 3.04. The molecule has 0 radical (unpaired) electrons. The van der Waals surface area contributed by atoms with Gasteiger partial charge in [-0.3, -0.25) is 4.79 Å². The van der Waals surface area contributed by atoms with Gasteiger partial charge in [0.1, 0.15) is 22.1 Å². The van der Waals surface area contributed by atoms with Gasteiger partial charge in [0.05, 0.1) is 13.7 Å². The fourth-order valence-corrected chi connectivity index (χ4v) is 4.52.